The maximum absolute atomic E-state index is 11.1. The molecule has 6 nitrogen and oxygen atoms in total. The standard InChI is InChI=1S/C12H16N4O2/c1-15-7-4-8-10(15)13-9(12(17)18)14-11(8)16-5-2-3-6-16/h2-7H2,1H3,(H,17,18). The normalized spacial score (nSPS) is 18.3. The molecule has 6 heteroatoms. The Morgan fingerprint density at radius 1 is 1.17 bits per heavy atom. The second kappa shape index (κ2) is 4.12. The number of carbonyl (C=O) groups is 1. The molecule has 0 aliphatic carbocycles. The van der Waals surface area contributed by atoms with Crippen molar-refractivity contribution in [2.75, 3.05) is 36.5 Å². The topological polar surface area (TPSA) is 69.6 Å². The smallest absolute Gasteiger partial charge is 0.374 e. The lowest BCUT2D eigenvalue weighted by atomic mass is 10.2. The minimum Gasteiger partial charge on any atom is -0.475 e. The summed E-state index contributed by atoms with van der Waals surface area (Å²) >= 11 is 0. The molecule has 1 N–H and O–H groups in total. The van der Waals surface area contributed by atoms with Crippen LogP contribution >= 0.6 is 0 Å². The first kappa shape index (κ1) is 11.3. The van der Waals surface area contributed by atoms with E-state index in [0.717, 1.165) is 56.1 Å². The van der Waals surface area contributed by atoms with Crippen LogP contribution in [0.3, 0.4) is 0 Å². The van der Waals surface area contributed by atoms with E-state index in [1.807, 2.05) is 11.9 Å². The quantitative estimate of drug-likeness (QED) is 0.833. The molecule has 0 amide bonds. The maximum atomic E-state index is 11.1. The number of aromatic nitrogens is 2. The van der Waals surface area contributed by atoms with Crippen LogP contribution in [0.1, 0.15) is 29.0 Å². The number of nitrogens with zero attached hydrogens (tertiary/aromatic N) is 4. The number of rotatable bonds is 2. The summed E-state index contributed by atoms with van der Waals surface area (Å²) in [5.41, 5.74) is 1.10. The molecule has 3 heterocycles. The van der Waals surface area contributed by atoms with Crippen LogP contribution in [0.25, 0.3) is 0 Å². The van der Waals surface area contributed by atoms with E-state index in [1.165, 1.54) is 0 Å². The Bertz CT molecular complexity index is 497. The van der Waals surface area contributed by atoms with Gasteiger partial charge in [-0.1, -0.05) is 0 Å². The van der Waals surface area contributed by atoms with Gasteiger partial charge in [-0.05, 0) is 19.3 Å². The summed E-state index contributed by atoms with van der Waals surface area (Å²) in [6.45, 7) is 2.81. The van der Waals surface area contributed by atoms with Crippen LogP contribution in [0, 0.1) is 0 Å². The fourth-order valence-corrected chi connectivity index (χ4v) is 2.67. The lowest BCUT2D eigenvalue weighted by Crippen LogP contribution is -2.23. The van der Waals surface area contributed by atoms with Crippen molar-refractivity contribution in [2.24, 2.45) is 0 Å². The van der Waals surface area contributed by atoms with Crippen molar-refractivity contribution in [2.45, 2.75) is 19.3 Å². The fourth-order valence-electron chi connectivity index (χ4n) is 2.67. The van der Waals surface area contributed by atoms with Crippen LogP contribution in [-0.2, 0) is 6.42 Å². The predicted molar refractivity (Wildman–Crippen MR) is 67.4 cm³/mol. The van der Waals surface area contributed by atoms with E-state index in [0.29, 0.717) is 0 Å². The van der Waals surface area contributed by atoms with Gasteiger partial charge in [0.05, 0.1) is 0 Å². The van der Waals surface area contributed by atoms with Gasteiger partial charge in [0.15, 0.2) is 0 Å². The van der Waals surface area contributed by atoms with Crippen LogP contribution in [0.15, 0.2) is 0 Å². The van der Waals surface area contributed by atoms with Gasteiger partial charge in [-0.2, -0.15) is 0 Å². The highest BCUT2D eigenvalue weighted by Crippen LogP contribution is 2.33. The molecule has 2 aliphatic heterocycles. The van der Waals surface area contributed by atoms with Gasteiger partial charge in [0, 0.05) is 32.2 Å². The van der Waals surface area contributed by atoms with Crippen molar-refractivity contribution < 1.29 is 9.90 Å². The predicted octanol–water partition coefficient (Wildman–Crippen LogP) is 0.767. The van der Waals surface area contributed by atoms with Crippen molar-refractivity contribution >= 4 is 17.6 Å². The van der Waals surface area contributed by atoms with E-state index in [2.05, 4.69) is 14.9 Å². The lowest BCUT2D eigenvalue weighted by Gasteiger charge is -2.20. The van der Waals surface area contributed by atoms with E-state index in [1.54, 1.807) is 0 Å². The van der Waals surface area contributed by atoms with Gasteiger partial charge in [0.25, 0.3) is 0 Å². The lowest BCUT2D eigenvalue weighted by molar-refractivity contribution is 0.0683. The van der Waals surface area contributed by atoms with Gasteiger partial charge in [-0.15, -0.1) is 0 Å². The SMILES string of the molecule is CN1CCc2c1nc(C(=O)O)nc2N1CCCC1. The largest absolute Gasteiger partial charge is 0.475 e. The third kappa shape index (κ3) is 1.68. The number of carboxylic acid groups (broad SMARTS) is 1. The van der Waals surface area contributed by atoms with Crippen molar-refractivity contribution in [1.29, 1.82) is 0 Å². The highest BCUT2D eigenvalue weighted by atomic mass is 16.4. The summed E-state index contributed by atoms with van der Waals surface area (Å²) < 4.78 is 0. The molecule has 0 bridgehead atoms. The Hall–Kier alpha value is -1.85. The number of hydrogen-bond acceptors (Lipinski definition) is 5. The molecule has 1 fully saturated rings. The number of hydrogen-bond donors (Lipinski definition) is 1. The minimum atomic E-state index is -1.06. The van der Waals surface area contributed by atoms with Gasteiger partial charge in [-0.3, -0.25) is 0 Å². The van der Waals surface area contributed by atoms with E-state index in [4.69, 9.17) is 5.11 Å². The van der Waals surface area contributed by atoms with Crippen LogP contribution in [0.2, 0.25) is 0 Å². The molecule has 18 heavy (non-hydrogen) atoms. The molecule has 1 saturated heterocycles. The van der Waals surface area contributed by atoms with Crippen molar-refractivity contribution in [3.8, 4) is 0 Å². The highest BCUT2D eigenvalue weighted by molar-refractivity contribution is 5.85. The first-order valence-electron chi connectivity index (χ1n) is 6.27. The summed E-state index contributed by atoms with van der Waals surface area (Å²) in [6.07, 6.45) is 3.20. The highest BCUT2D eigenvalue weighted by Gasteiger charge is 2.28. The fraction of sp³-hybridized carbons (Fsp3) is 0.583. The monoisotopic (exact) mass is 248 g/mol. The van der Waals surface area contributed by atoms with Gasteiger partial charge < -0.3 is 14.9 Å². The second-order valence-corrected chi connectivity index (χ2v) is 4.84. The third-order valence-corrected chi connectivity index (χ3v) is 3.62. The van der Waals surface area contributed by atoms with Crippen molar-refractivity contribution in [3.63, 3.8) is 0 Å². The summed E-state index contributed by atoms with van der Waals surface area (Å²) in [4.78, 5) is 23.7. The summed E-state index contributed by atoms with van der Waals surface area (Å²) in [5.74, 6) is 0.464. The number of fused-ring (bicyclic) bond motifs is 1. The van der Waals surface area contributed by atoms with E-state index >= 15 is 0 Å². The van der Waals surface area contributed by atoms with Gasteiger partial charge in [0.2, 0.25) is 5.82 Å². The molecule has 0 radical (unpaired) electrons. The van der Waals surface area contributed by atoms with Crippen LogP contribution in [-0.4, -0.2) is 47.7 Å². The number of anilines is 2. The molecule has 0 unspecified atom stereocenters. The third-order valence-electron chi connectivity index (χ3n) is 3.62. The molecule has 0 spiro atoms. The first-order valence-corrected chi connectivity index (χ1v) is 6.27. The zero-order chi connectivity index (χ0) is 12.7. The van der Waals surface area contributed by atoms with E-state index < -0.39 is 5.97 Å². The van der Waals surface area contributed by atoms with E-state index in [-0.39, 0.29) is 5.82 Å². The van der Waals surface area contributed by atoms with Crippen LogP contribution in [0.4, 0.5) is 11.6 Å². The molecule has 2 aliphatic rings. The zero-order valence-electron chi connectivity index (χ0n) is 10.4. The molecule has 1 aromatic rings. The molecular formula is C12H16N4O2. The molecular weight excluding hydrogens is 232 g/mol. The van der Waals surface area contributed by atoms with Gasteiger partial charge >= 0.3 is 5.97 Å². The average molecular weight is 248 g/mol. The molecule has 1 aromatic heterocycles. The average Bonchev–Trinajstić information content (AvgIpc) is 2.98. The van der Waals surface area contributed by atoms with Crippen LogP contribution in [0.5, 0.6) is 0 Å². The van der Waals surface area contributed by atoms with Crippen molar-refractivity contribution in [1.82, 2.24) is 9.97 Å². The maximum Gasteiger partial charge on any atom is 0.374 e. The Labute approximate surface area is 105 Å². The second-order valence-electron chi connectivity index (χ2n) is 4.84. The molecule has 0 saturated carbocycles. The Morgan fingerprint density at radius 2 is 1.83 bits per heavy atom. The van der Waals surface area contributed by atoms with Crippen LogP contribution < -0.4 is 9.80 Å². The van der Waals surface area contributed by atoms with E-state index in [9.17, 15) is 4.79 Å². The Kier molecular flexibility index (Phi) is 2.57. The van der Waals surface area contributed by atoms with Crippen molar-refractivity contribution in [3.05, 3.63) is 11.4 Å². The molecule has 0 aromatic carbocycles. The molecule has 96 valence electrons. The Morgan fingerprint density at radius 3 is 2.50 bits per heavy atom. The zero-order valence-corrected chi connectivity index (χ0v) is 10.4. The molecule has 0 atom stereocenters. The number of carboxylic acids is 1. The van der Waals surface area contributed by atoms with Gasteiger partial charge in [0.1, 0.15) is 11.6 Å². The van der Waals surface area contributed by atoms with Gasteiger partial charge in [-0.25, -0.2) is 14.8 Å². The summed E-state index contributed by atoms with van der Waals surface area (Å²) in [7, 11) is 1.94. The number of likely N-dealkylation sites (N-methyl/N-ethyl adjacent to an activating group) is 1. The summed E-state index contributed by atoms with van der Waals surface area (Å²) in [6, 6.07) is 0. The molecule has 3 rings (SSSR count). The number of aromatic carboxylic acids is 1. The summed E-state index contributed by atoms with van der Waals surface area (Å²) in [5, 5.41) is 9.11. The minimum absolute atomic E-state index is 0.0931. The first-order chi connectivity index (χ1) is 8.66. The Balaban J connectivity index is 2.11.